The molecule has 0 aliphatic rings. The second-order valence-corrected chi connectivity index (χ2v) is 6.76. The lowest BCUT2D eigenvalue weighted by molar-refractivity contribution is 0.410. The smallest absolute Gasteiger partial charge is 0.258 e. The summed E-state index contributed by atoms with van der Waals surface area (Å²) in [4.78, 5) is 19.7. The van der Waals surface area contributed by atoms with E-state index in [1.165, 1.54) is 11.8 Å². The summed E-state index contributed by atoms with van der Waals surface area (Å²) >= 11 is 1.38. The molecule has 8 nitrogen and oxygen atoms in total. The molecule has 0 bridgehead atoms. The van der Waals surface area contributed by atoms with Crippen LogP contribution in [0.15, 0.2) is 52.4 Å². The van der Waals surface area contributed by atoms with Gasteiger partial charge in [-0.3, -0.25) is 4.79 Å². The van der Waals surface area contributed by atoms with Crippen LogP contribution in [0.1, 0.15) is 11.4 Å². The Kier molecular flexibility index (Phi) is 4.59. The van der Waals surface area contributed by atoms with E-state index in [1.54, 1.807) is 17.9 Å². The molecule has 0 aliphatic carbocycles. The van der Waals surface area contributed by atoms with Crippen molar-refractivity contribution in [2.75, 3.05) is 7.11 Å². The average molecular weight is 380 g/mol. The van der Waals surface area contributed by atoms with Crippen molar-refractivity contribution in [2.24, 2.45) is 0 Å². The number of nitrogens with one attached hydrogen (secondary N) is 1. The molecule has 0 aliphatic heterocycles. The Hall–Kier alpha value is -3.20. The fraction of sp³-hybridized carbons (Fsp3) is 0.167. The van der Waals surface area contributed by atoms with Crippen LogP contribution in [-0.2, 0) is 5.75 Å². The summed E-state index contributed by atoms with van der Waals surface area (Å²) < 4.78 is 6.98. The van der Waals surface area contributed by atoms with Gasteiger partial charge in [0.2, 0.25) is 5.16 Å². The third-order valence-electron chi connectivity index (χ3n) is 4.08. The molecule has 2 aromatic heterocycles. The molecule has 9 heteroatoms. The van der Waals surface area contributed by atoms with Gasteiger partial charge < -0.3 is 9.72 Å². The molecule has 136 valence electrons. The number of rotatable bonds is 5. The van der Waals surface area contributed by atoms with Gasteiger partial charge in [-0.25, -0.2) is 4.98 Å². The monoisotopic (exact) mass is 380 g/mol. The molecule has 0 saturated carbocycles. The van der Waals surface area contributed by atoms with E-state index in [0.29, 0.717) is 33.4 Å². The van der Waals surface area contributed by atoms with Crippen molar-refractivity contribution in [1.82, 2.24) is 30.2 Å². The molecule has 0 fully saturated rings. The summed E-state index contributed by atoms with van der Waals surface area (Å²) in [6.45, 7) is 1.94. The number of hydrogen-bond donors (Lipinski definition) is 1. The van der Waals surface area contributed by atoms with Crippen LogP contribution >= 0.6 is 11.8 Å². The quantitative estimate of drug-likeness (QED) is 0.531. The number of nitrogens with zero attached hydrogens (tertiary/aromatic N) is 5. The maximum atomic E-state index is 12.3. The van der Waals surface area contributed by atoms with Crippen LogP contribution in [0.4, 0.5) is 0 Å². The molecule has 1 N–H and O–H groups in total. The van der Waals surface area contributed by atoms with Crippen LogP contribution in [0.2, 0.25) is 0 Å². The number of tetrazole rings is 1. The lowest BCUT2D eigenvalue weighted by Crippen LogP contribution is -2.12. The zero-order valence-electron chi connectivity index (χ0n) is 14.7. The number of fused-ring (bicyclic) bond motifs is 1. The highest BCUT2D eigenvalue weighted by Crippen LogP contribution is 2.26. The molecule has 0 spiro atoms. The Labute approximate surface area is 158 Å². The predicted molar refractivity (Wildman–Crippen MR) is 102 cm³/mol. The SMILES string of the molecule is COc1ccccc1-n1nnnc1SCc1nc2c(C)cccc2c(=O)[nH]1. The third-order valence-corrected chi connectivity index (χ3v) is 5.01. The predicted octanol–water partition coefficient (Wildman–Crippen LogP) is 2.51. The fourth-order valence-electron chi connectivity index (χ4n) is 2.78. The zero-order chi connectivity index (χ0) is 18.8. The van der Waals surface area contributed by atoms with E-state index < -0.39 is 0 Å². The lowest BCUT2D eigenvalue weighted by atomic mass is 10.1. The molecule has 2 heterocycles. The minimum atomic E-state index is -0.149. The lowest BCUT2D eigenvalue weighted by Gasteiger charge is -2.09. The number of aromatic amines is 1. The summed E-state index contributed by atoms with van der Waals surface area (Å²) in [6.07, 6.45) is 0. The van der Waals surface area contributed by atoms with Gasteiger partial charge in [0, 0.05) is 0 Å². The van der Waals surface area contributed by atoms with Gasteiger partial charge >= 0.3 is 0 Å². The van der Waals surface area contributed by atoms with Gasteiger partial charge in [-0.15, -0.1) is 5.10 Å². The second kappa shape index (κ2) is 7.20. The van der Waals surface area contributed by atoms with Crippen molar-refractivity contribution in [1.29, 1.82) is 0 Å². The third kappa shape index (κ3) is 3.28. The van der Waals surface area contributed by atoms with Crippen molar-refractivity contribution < 1.29 is 4.74 Å². The molecule has 2 aromatic carbocycles. The molecule has 4 rings (SSSR count). The normalized spacial score (nSPS) is 11.0. The molecule has 4 aromatic rings. The molecular formula is C18H16N6O2S. The van der Waals surface area contributed by atoms with Gasteiger partial charge in [-0.2, -0.15) is 4.68 Å². The Morgan fingerprint density at radius 3 is 2.89 bits per heavy atom. The summed E-state index contributed by atoms with van der Waals surface area (Å²) in [5, 5.41) is 13.0. The van der Waals surface area contributed by atoms with Crippen LogP contribution < -0.4 is 10.3 Å². The second-order valence-electron chi connectivity index (χ2n) is 5.82. The Balaban J connectivity index is 1.64. The Bertz CT molecular complexity index is 1170. The molecule has 0 radical (unpaired) electrons. The Morgan fingerprint density at radius 1 is 1.19 bits per heavy atom. The maximum Gasteiger partial charge on any atom is 0.258 e. The van der Waals surface area contributed by atoms with E-state index in [1.807, 2.05) is 43.3 Å². The number of para-hydroxylation sites is 3. The molecule has 0 saturated heterocycles. The summed E-state index contributed by atoms with van der Waals surface area (Å²) in [6, 6.07) is 13.0. The molecule has 0 unspecified atom stereocenters. The fourth-order valence-corrected chi connectivity index (χ4v) is 3.53. The topological polar surface area (TPSA) is 98.6 Å². The number of aromatic nitrogens is 6. The highest BCUT2D eigenvalue weighted by molar-refractivity contribution is 7.98. The van der Waals surface area contributed by atoms with E-state index in [4.69, 9.17) is 4.74 Å². The first-order valence-electron chi connectivity index (χ1n) is 8.20. The van der Waals surface area contributed by atoms with E-state index in [-0.39, 0.29) is 5.56 Å². The van der Waals surface area contributed by atoms with Crippen molar-refractivity contribution in [2.45, 2.75) is 17.8 Å². The number of ether oxygens (including phenoxy) is 1. The highest BCUT2D eigenvalue weighted by Gasteiger charge is 2.14. The first kappa shape index (κ1) is 17.2. The first-order valence-corrected chi connectivity index (χ1v) is 9.19. The van der Waals surface area contributed by atoms with Gasteiger partial charge in [-0.1, -0.05) is 36.0 Å². The summed E-state index contributed by atoms with van der Waals surface area (Å²) in [7, 11) is 1.60. The van der Waals surface area contributed by atoms with E-state index in [0.717, 1.165) is 11.3 Å². The number of thioether (sulfide) groups is 1. The standard InChI is InChI=1S/C18H16N6O2S/c1-11-6-5-7-12-16(11)19-15(20-17(12)25)10-27-18-21-22-23-24(18)13-8-3-4-9-14(13)26-2/h3-9H,10H2,1-2H3,(H,19,20,25). The van der Waals surface area contributed by atoms with Crippen molar-refractivity contribution in [3.63, 3.8) is 0 Å². The van der Waals surface area contributed by atoms with Crippen molar-refractivity contribution in [3.8, 4) is 11.4 Å². The largest absolute Gasteiger partial charge is 0.494 e. The molecule has 27 heavy (non-hydrogen) atoms. The van der Waals surface area contributed by atoms with E-state index in [9.17, 15) is 4.79 Å². The van der Waals surface area contributed by atoms with Crippen LogP contribution in [0.3, 0.4) is 0 Å². The zero-order valence-corrected chi connectivity index (χ0v) is 15.5. The van der Waals surface area contributed by atoms with Crippen LogP contribution in [0.25, 0.3) is 16.6 Å². The van der Waals surface area contributed by atoms with Gasteiger partial charge in [0.25, 0.3) is 5.56 Å². The Morgan fingerprint density at radius 2 is 2.04 bits per heavy atom. The highest BCUT2D eigenvalue weighted by atomic mass is 32.2. The summed E-state index contributed by atoms with van der Waals surface area (Å²) in [5.74, 6) is 1.66. The minimum Gasteiger partial charge on any atom is -0.494 e. The molecule has 0 amide bonds. The van der Waals surface area contributed by atoms with Crippen LogP contribution in [-0.4, -0.2) is 37.3 Å². The van der Waals surface area contributed by atoms with Gasteiger partial charge in [0.05, 0.1) is 23.8 Å². The van der Waals surface area contributed by atoms with Gasteiger partial charge in [0.15, 0.2) is 0 Å². The van der Waals surface area contributed by atoms with Crippen LogP contribution in [0, 0.1) is 6.92 Å². The van der Waals surface area contributed by atoms with Gasteiger partial charge in [-0.05, 0) is 41.1 Å². The number of H-pyrrole nitrogens is 1. The van der Waals surface area contributed by atoms with Crippen molar-refractivity contribution >= 4 is 22.7 Å². The van der Waals surface area contributed by atoms with Crippen LogP contribution in [0.5, 0.6) is 5.75 Å². The van der Waals surface area contributed by atoms with Gasteiger partial charge in [0.1, 0.15) is 17.3 Å². The van der Waals surface area contributed by atoms with E-state index in [2.05, 4.69) is 25.5 Å². The molecule has 0 atom stereocenters. The summed E-state index contributed by atoms with van der Waals surface area (Å²) in [5.41, 5.74) is 2.26. The van der Waals surface area contributed by atoms with Crippen molar-refractivity contribution in [3.05, 3.63) is 64.2 Å². The number of benzene rings is 2. The number of hydrogen-bond acceptors (Lipinski definition) is 7. The number of methoxy groups -OCH3 is 1. The minimum absolute atomic E-state index is 0.149. The number of aryl methyl sites for hydroxylation is 1. The van der Waals surface area contributed by atoms with E-state index >= 15 is 0 Å². The average Bonchev–Trinajstić information content (AvgIpc) is 3.15. The first-order chi connectivity index (χ1) is 13.2. The molecular weight excluding hydrogens is 364 g/mol. The maximum absolute atomic E-state index is 12.3.